The van der Waals surface area contributed by atoms with Gasteiger partial charge in [0.1, 0.15) is 0 Å². The third-order valence-electron chi connectivity index (χ3n) is 2.42. The van der Waals surface area contributed by atoms with Gasteiger partial charge in [-0.3, -0.25) is 4.79 Å². The van der Waals surface area contributed by atoms with E-state index in [1.807, 2.05) is 13.1 Å². The molecule has 3 nitrogen and oxygen atoms in total. The number of hydrogen-bond acceptors (Lipinski definition) is 2. The summed E-state index contributed by atoms with van der Waals surface area (Å²) in [6.45, 7) is 3.53. The molecule has 96 valence electrons. The van der Waals surface area contributed by atoms with Gasteiger partial charge < -0.3 is 10.6 Å². The van der Waals surface area contributed by atoms with Crippen LogP contribution < -0.4 is 10.6 Å². The summed E-state index contributed by atoms with van der Waals surface area (Å²) >= 11 is 0. The molecule has 1 aromatic rings. The van der Waals surface area contributed by atoms with E-state index in [0.717, 1.165) is 13.0 Å². The van der Waals surface area contributed by atoms with E-state index in [9.17, 15) is 4.79 Å². The molecule has 0 saturated heterocycles. The molecule has 0 spiro atoms. The van der Waals surface area contributed by atoms with Gasteiger partial charge in [0, 0.05) is 19.5 Å². The first kappa shape index (κ1) is 15.9. The molecule has 0 aliphatic heterocycles. The Morgan fingerprint density at radius 3 is 2.71 bits per heavy atom. The van der Waals surface area contributed by atoms with Gasteiger partial charge in [-0.1, -0.05) is 29.8 Å². The maximum atomic E-state index is 11.3. The van der Waals surface area contributed by atoms with Gasteiger partial charge in [-0.25, -0.2) is 0 Å². The second kappa shape index (κ2) is 9.02. The average Bonchev–Trinajstić information content (AvgIpc) is 2.26. The van der Waals surface area contributed by atoms with E-state index in [2.05, 4.69) is 35.8 Å². The Labute approximate surface area is 109 Å². The maximum Gasteiger partial charge on any atom is 0.221 e. The topological polar surface area (TPSA) is 41.1 Å². The smallest absolute Gasteiger partial charge is 0.221 e. The number of hydrogen-bond donors (Lipinski definition) is 2. The second-order valence-corrected chi connectivity index (χ2v) is 3.94. The van der Waals surface area contributed by atoms with Crippen LogP contribution in [0.3, 0.4) is 0 Å². The molecule has 1 rings (SSSR count). The zero-order valence-corrected chi connectivity index (χ0v) is 11.3. The quantitative estimate of drug-likeness (QED) is 0.813. The summed E-state index contributed by atoms with van der Waals surface area (Å²) in [7, 11) is 1.85. The van der Waals surface area contributed by atoms with Gasteiger partial charge >= 0.3 is 0 Å². The van der Waals surface area contributed by atoms with Crippen molar-refractivity contribution in [3.63, 3.8) is 0 Å². The van der Waals surface area contributed by atoms with E-state index in [1.54, 1.807) is 0 Å². The Bertz CT molecular complexity index is 342. The van der Waals surface area contributed by atoms with E-state index in [4.69, 9.17) is 0 Å². The van der Waals surface area contributed by atoms with Crippen LogP contribution in [-0.2, 0) is 11.2 Å². The molecule has 0 atom stereocenters. The summed E-state index contributed by atoms with van der Waals surface area (Å²) in [5, 5.41) is 5.86. The van der Waals surface area contributed by atoms with Gasteiger partial charge in [0.15, 0.2) is 0 Å². The lowest BCUT2D eigenvalue weighted by atomic mass is 10.1. The highest BCUT2D eigenvalue weighted by molar-refractivity contribution is 5.85. The van der Waals surface area contributed by atoms with Gasteiger partial charge in [0.2, 0.25) is 5.91 Å². The number of amides is 1. The number of aryl methyl sites for hydroxylation is 1. The number of carbonyl (C=O) groups excluding carboxylic acids is 1. The van der Waals surface area contributed by atoms with Gasteiger partial charge in [-0.15, -0.1) is 12.4 Å². The monoisotopic (exact) mass is 256 g/mol. The Morgan fingerprint density at radius 1 is 1.29 bits per heavy atom. The summed E-state index contributed by atoms with van der Waals surface area (Å²) in [5.74, 6) is 0.113. The molecular formula is C13H21ClN2O. The predicted octanol–water partition coefficient (Wildman–Crippen LogP) is 1.69. The molecule has 4 heteroatoms. The molecule has 1 aromatic carbocycles. The number of carbonyl (C=O) groups is 1. The molecule has 0 fully saturated rings. The summed E-state index contributed by atoms with van der Waals surface area (Å²) in [6.07, 6.45) is 1.44. The van der Waals surface area contributed by atoms with Crippen molar-refractivity contribution in [1.29, 1.82) is 0 Å². The first-order chi connectivity index (χ1) is 7.72. The van der Waals surface area contributed by atoms with Crippen molar-refractivity contribution < 1.29 is 4.79 Å². The molecule has 0 bridgehead atoms. The highest BCUT2D eigenvalue weighted by Gasteiger charge is 1.99. The minimum Gasteiger partial charge on any atom is -0.356 e. The Morgan fingerprint density at radius 2 is 2.06 bits per heavy atom. The largest absolute Gasteiger partial charge is 0.356 e. The Hall–Kier alpha value is -1.06. The normalized spacial score (nSPS) is 9.53. The highest BCUT2D eigenvalue weighted by atomic mass is 35.5. The average molecular weight is 257 g/mol. The summed E-state index contributed by atoms with van der Waals surface area (Å²) in [5.41, 5.74) is 2.54. The Kier molecular flexibility index (Phi) is 8.46. The molecular weight excluding hydrogens is 236 g/mol. The van der Waals surface area contributed by atoms with E-state index in [-0.39, 0.29) is 18.3 Å². The van der Waals surface area contributed by atoms with E-state index in [1.165, 1.54) is 11.1 Å². The lowest BCUT2D eigenvalue weighted by Gasteiger charge is -2.05. The number of nitrogens with one attached hydrogen (secondary N) is 2. The van der Waals surface area contributed by atoms with Crippen LogP contribution in [0.4, 0.5) is 0 Å². The number of benzene rings is 1. The van der Waals surface area contributed by atoms with Crippen LogP contribution in [0.25, 0.3) is 0 Å². The number of rotatable bonds is 6. The second-order valence-electron chi connectivity index (χ2n) is 3.94. The lowest BCUT2D eigenvalue weighted by molar-refractivity contribution is -0.120. The van der Waals surface area contributed by atoms with Crippen LogP contribution in [0.1, 0.15) is 17.5 Å². The van der Waals surface area contributed by atoms with E-state index in [0.29, 0.717) is 13.0 Å². The van der Waals surface area contributed by atoms with Gasteiger partial charge in [0.05, 0.1) is 0 Å². The van der Waals surface area contributed by atoms with Crippen molar-refractivity contribution in [2.75, 3.05) is 20.1 Å². The molecule has 0 aliphatic carbocycles. The van der Waals surface area contributed by atoms with Crippen LogP contribution in [0.2, 0.25) is 0 Å². The third kappa shape index (κ3) is 6.97. The molecule has 17 heavy (non-hydrogen) atoms. The van der Waals surface area contributed by atoms with Gasteiger partial charge in [-0.2, -0.15) is 0 Å². The zero-order chi connectivity index (χ0) is 11.8. The SMILES string of the molecule is CNCCC(=O)NCCc1cccc(C)c1.Cl. The summed E-state index contributed by atoms with van der Waals surface area (Å²) < 4.78 is 0. The van der Waals surface area contributed by atoms with E-state index >= 15 is 0 Å². The fourth-order valence-electron chi connectivity index (χ4n) is 1.54. The first-order valence-corrected chi connectivity index (χ1v) is 5.69. The van der Waals surface area contributed by atoms with Crippen molar-refractivity contribution in [1.82, 2.24) is 10.6 Å². The lowest BCUT2D eigenvalue weighted by Crippen LogP contribution is -2.28. The van der Waals surface area contributed by atoms with Crippen molar-refractivity contribution in [3.8, 4) is 0 Å². The standard InChI is InChI=1S/C13H20N2O.ClH/c1-11-4-3-5-12(10-11)6-9-15-13(16)7-8-14-2;/h3-5,10,14H,6-9H2,1-2H3,(H,15,16);1H. The summed E-state index contributed by atoms with van der Waals surface area (Å²) in [6, 6.07) is 8.37. The fraction of sp³-hybridized carbons (Fsp3) is 0.462. The molecule has 0 unspecified atom stereocenters. The van der Waals surface area contributed by atoms with Crippen LogP contribution in [-0.4, -0.2) is 26.0 Å². The van der Waals surface area contributed by atoms with Gasteiger partial charge in [-0.05, 0) is 26.0 Å². The third-order valence-corrected chi connectivity index (χ3v) is 2.42. The molecule has 0 radical (unpaired) electrons. The fourth-order valence-corrected chi connectivity index (χ4v) is 1.54. The molecule has 2 N–H and O–H groups in total. The van der Waals surface area contributed by atoms with Crippen LogP contribution in [0.15, 0.2) is 24.3 Å². The Balaban J connectivity index is 0.00000256. The van der Waals surface area contributed by atoms with Gasteiger partial charge in [0.25, 0.3) is 0 Å². The van der Waals surface area contributed by atoms with Crippen LogP contribution >= 0.6 is 12.4 Å². The van der Waals surface area contributed by atoms with E-state index < -0.39 is 0 Å². The zero-order valence-electron chi connectivity index (χ0n) is 10.5. The predicted molar refractivity (Wildman–Crippen MR) is 73.7 cm³/mol. The van der Waals surface area contributed by atoms with Crippen LogP contribution in [0.5, 0.6) is 0 Å². The first-order valence-electron chi connectivity index (χ1n) is 5.69. The maximum absolute atomic E-state index is 11.3. The van der Waals surface area contributed by atoms with Crippen molar-refractivity contribution in [2.45, 2.75) is 19.8 Å². The van der Waals surface area contributed by atoms with Crippen molar-refractivity contribution >= 4 is 18.3 Å². The minimum absolute atomic E-state index is 0. The minimum atomic E-state index is 0. The van der Waals surface area contributed by atoms with Crippen molar-refractivity contribution in [2.24, 2.45) is 0 Å². The molecule has 0 aromatic heterocycles. The molecule has 0 heterocycles. The van der Waals surface area contributed by atoms with Crippen molar-refractivity contribution in [3.05, 3.63) is 35.4 Å². The molecule has 0 saturated carbocycles. The molecule has 0 aliphatic rings. The highest BCUT2D eigenvalue weighted by Crippen LogP contribution is 2.03. The molecule has 1 amide bonds. The number of halogens is 1. The van der Waals surface area contributed by atoms with Crippen LogP contribution in [0, 0.1) is 6.92 Å². The summed E-state index contributed by atoms with van der Waals surface area (Å²) in [4.78, 5) is 11.3.